The van der Waals surface area contributed by atoms with Crippen LogP contribution in [0.1, 0.15) is 63.6 Å². The molecule has 3 heterocycles. The third-order valence-corrected chi connectivity index (χ3v) is 9.70. The van der Waals surface area contributed by atoms with Gasteiger partial charge in [0.1, 0.15) is 5.82 Å². The van der Waals surface area contributed by atoms with Crippen LogP contribution in [0.15, 0.2) is 11.2 Å². The number of hydrogen-bond acceptors (Lipinski definition) is 5. The highest BCUT2D eigenvalue weighted by Crippen LogP contribution is 2.28. The number of aromatic nitrogens is 2. The minimum atomic E-state index is -3.64. The van der Waals surface area contributed by atoms with Crippen LogP contribution in [-0.4, -0.2) is 83.2 Å². The molecule has 34 heavy (non-hydrogen) atoms. The van der Waals surface area contributed by atoms with E-state index in [0.717, 1.165) is 6.42 Å². The first-order chi connectivity index (χ1) is 16.3. The highest BCUT2D eigenvalue weighted by molar-refractivity contribution is 7.89. The number of nitrogens with zero attached hydrogens (tertiary/aromatic N) is 5. The van der Waals surface area contributed by atoms with Gasteiger partial charge >= 0.3 is 0 Å². The van der Waals surface area contributed by atoms with Gasteiger partial charge in [0.2, 0.25) is 11.8 Å². The Balaban J connectivity index is 1.21. The average molecular weight is 494 g/mol. The van der Waals surface area contributed by atoms with E-state index in [9.17, 15) is 18.0 Å². The van der Waals surface area contributed by atoms with E-state index < -0.39 is 10.0 Å². The molecule has 1 saturated carbocycles. The normalized spacial score (nSPS) is 21.7. The second-order valence-corrected chi connectivity index (χ2v) is 12.0. The lowest BCUT2D eigenvalue weighted by Crippen LogP contribution is -2.53. The number of aryl methyl sites for hydroxylation is 2. The molecule has 3 aliphatic rings. The van der Waals surface area contributed by atoms with Gasteiger partial charge in [-0.25, -0.2) is 13.4 Å². The van der Waals surface area contributed by atoms with Gasteiger partial charge in [0.15, 0.2) is 5.03 Å². The first kappa shape index (κ1) is 25.2. The van der Waals surface area contributed by atoms with Gasteiger partial charge in [0.25, 0.3) is 10.0 Å². The molecule has 190 valence electrons. The van der Waals surface area contributed by atoms with E-state index in [0.29, 0.717) is 70.3 Å². The van der Waals surface area contributed by atoms with Crippen LogP contribution >= 0.6 is 0 Å². The summed E-state index contributed by atoms with van der Waals surface area (Å²) in [5.41, 5.74) is 0. The van der Waals surface area contributed by atoms with E-state index in [1.165, 1.54) is 42.6 Å². The Hall–Kier alpha value is -1.94. The summed E-state index contributed by atoms with van der Waals surface area (Å²) in [6.07, 6.45) is 10.7. The molecule has 2 saturated heterocycles. The van der Waals surface area contributed by atoms with E-state index in [1.807, 2.05) is 9.80 Å². The summed E-state index contributed by atoms with van der Waals surface area (Å²) in [7, 11) is -1.86. The molecule has 0 radical (unpaired) electrons. The Kier molecular flexibility index (Phi) is 7.97. The molecule has 1 aliphatic carbocycles. The summed E-state index contributed by atoms with van der Waals surface area (Å²) in [4.78, 5) is 33.7. The summed E-state index contributed by atoms with van der Waals surface area (Å²) < 4.78 is 28.9. The van der Waals surface area contributed by atoms with Crippen molar-refractivity contribution in [1.29, 1.82) is 0 Å². The largest absolute Gasteiger partial charge is 0.339 e. The topological polar surface area (TPSA) is 95.8 Å². The Morgan fingerprint density at radius 2 is 1.56 bits per heavy atom. The van der Waals surface area contributed by atoms with E-state index in [1.54, 1.807) is 18.5 Å². The van der Waals surface area contributed by atoms with Gasteiger partial charge in [-0.05, 0) is 32.1 Å². The minimum absolute atomic E-state index is 0.0709. The van der Waals surface area contributed by atoms with Crippen LogP contribution in [-0.2, 0) is 26.7 Å². The van der Waals surface area contributed by atoms with Crippen LogP contribution in [0.5, 0.6) is 0 Å². The maximum atomic E-state index is 13.1. The van der Waals surface area contributed by atoms with Crippen LogP contribution in [0.2, 0.25) is 0 Å². The molecule has 0 atom stereocenters. The predicted molar refractivity (Wildman–Crippen MR) is 128 cm³/mol. The lowest BCUT2D eigenvalue weighted by atomic mass is 9.86. The number of carbonyl (C=O) groups excluding carboxylic acids is 2. The van der Waals surface area contributed by atoms with Crippen molar-refractivity contribution in [1.82, 2.24) is 23.7 Å². The summed E-state index contributed by atoms with van der Waals surface area (Å²) >= 11 is 0. The number of amides is 2. The quantitative estimate of drug-likeness (QED) is 0.605. The van der Waals surface area contributed by atoms with Gasteiger partial charge in [0, 0.05) is 64.9 Å². The number of piperidine rings is 1. The van der Waals surface area contributed by atoms with Gasteiger partial charge in [-0.15, -0.1) is 0 Å². The zero-order chi connectivity index (χ0) is 24.3. The van der Waals surface area contributed by atoms with Gasteiger partial charge < -0.3 is 14.4 Å². The SMILES string of the molecule is Cc1nc(S(=O)(=O)N2CCC(C(=O)N3CCN(C(=O)CCC4CCCCC4)CC3)CC2)cn1C. The number of carbonyl (C=O) groups is 2. The minimum Gasteiger partial charge on any atom is -0.339 e. The zero-order valence-electron chi connectivity index (χ0n) is 20.6. The van der Waals surface area contributed by atoms with Crippen LogP contribution in [0.3, 0.4) is 0 Å². The Morgan fingerprint density at radius 3 is 2.15 bits per heavy atom. The molecule has 0 spiro atoms. The number of imidazole rings is 1. The van der Waals surface area contributed by atoms with Crippen molar-refractivity contribution in [3.8, 4) is 0 Å². The third kappa shape index (κ3) is 5.64. The van der Waals surface area contributed by atoms with E-state index in [2.05, 4.69) is 4.98 Å². The van der Waals surface area contributed by atoms with Gasteiger partial charge in [0.05, 0.1) is 0 Å². The Bertz CT molecular complexity index is 950. The molecular weight excluding hydrogens is 454 g/mol. The molecule has 0 unspecified atom stereocenters. The fourth-order valence-electron chi connectivity index (χ4n) is 5.52. The van der Waals surface area contributed by atoms with E-state index >= 15 is 0 Å². The van der Waals surface area contributed by atoms with Crippen molar-refractivity contribution < 1.29 is 18.0 Å². The van der Waals surface area contributed by atoms with Crippen molar-refractivity contribution in [2.45, 2.75) is 69.7 Å². The molecule has 2 amide bonds. The Morgan fingerprint density at radius 1 is 0.941 bits per heavy atom. The van der Waals surface area contributed by atoms with Crippen molar-refractivity contribution >= 4 is 21.8 Å². The summed E-state index contributed by atoms with van der Waals surface area (Å²) in [6.45, 7) is 4.76. The van der Waals surface area contributed by atoms with Crippen molar-refractivity contribution in [3.63, 3.8) is 0 Å². The van der Waals surface area contributed by atoms with Crippen LogP contribution in [0, 0.1) is 18.8 Å². The van der Waals surface area contributed by atoms with Gasteiger partial charge in [-0.2, -0.15) is 4.31 Å². The summed E-state index contributed by atoms with van der Waals surface area (Å²) in [6, 6.07) is 0. The van der Waals surface area contributed by atoms with Gasteiger partial charge in [-0.1, -0.05) is 32.1 Å². The molecule has 0 aromatic carbocycles. The fraction of sp³-hybridized carbons (Fsp3) is 0.792. The molecule has 4 rings (SSSR count). The molecule has 10 heteroatoms. The molecular formula is C24H39N5O4S. The maximum absolute atomic E-state index is 13.1. The van der Waals surface area contributed by atoms with Gasteiger partial charge in [-0.3, -0.25) is 9.59 Å². The molecule has 3 fully saturated rings. The lowest BCUT2D eigenvalue weighted by molar-refractivity contribution is -0.143. The smallest absolute Gasteiger partial charge is 0.262 e. The second-order valence-electron chi connectivity index (χ2n) is 10.2. The van der Waals surface area contributed by atoms with Crippen LogP contribution in [0.4, 0.5) is 0 Å². The molecule has 0 bridgehead atoms. The average Bonchev–Trinajstić information content (AvgIpc) is 3.21. The molecule has 0 N–H and O–H groups in total. The van der Waals surface area contributed by atoms with Crippen LogP contribution < -0.4 is 0 Å². The molecule has 9 nitrogen and oxygen atoms in total. The molecule has 1 aromatic rings. The summed E-state index contributed by atoms with van der Waals surface area (Å²) in [5.74, 6) is 1.51. The van der Waals surface area contributed by atoms with Crippen molar-refractivity contribution in [2.24, 2.45) is 18.9 Å². The highest BCUT2D eigenvalue weighted by atomic mass is 32.2. The van der Waals surface area contributed by atoms with Crippen molar-refractivity contribution in [2.75, 3.05) is 39.3 Å². The van der Waals surface area contributed by atoms with Crippen LogP contribution in [0.25, 0.3) is 0 Å². The van der Waals surface area contributed by atoms with Crippen molar-refractivity contribution in [3.05, 3.63) is 12.0 Å². The number of sulfonamides is 1. The van der Waals surface area contributed by atoms with E-state index in [4.69, 9.17) is 0 Å². The number of rotatable bonds is 6. The fourth-order valence-corrected chi connectivity index (χ4v) is 7.02. The first-order valence-corrected chi connectivity index (χ1v) is 14.3. The second kappa shape index (κ2) is 10.8. The van der Waals surface area contributed by atoms with E-state index in [-0.39, 0.29) is 22.8 Å². The predicted octanol–water partition coefficient (Wildman–Crippen LogP) is 2.16. The third-order valence-electron chi connectivity index (χ3n) is 7.93. The highest BCUT2D eigenvalue weighted by Gasteiger charge is 2.36. The maximum Gasteiger partial charge on any atom is 0.262 e. The molecule has 2 aliphatic heterocycles. The standard InChI is InChI=1S/C24H39N5O4S/c1-19-25-22(18-26(19)2)34(32,33)29-12-10-21(11-13-29)24(31)28-16-14-27(15-17-28)23(30)9-8-20-6-4-3-5-7-20/h18,20-21H,3-17H2,1-2H3. The Labute approximate surface area is 203 Å². The zero-order valence-corrected chi connectivity index (χ0v) is 21.4. The summed E-state index contributed by atoms with van der Waals surface area (Å²) in [5, 5.41) is 0.0709. The first-order valence-electron chi connectivity index (χ1n) is 12.8. The number of piperazine rings is 1. The monoisotopic (exact) mass is 493 g/mol. The lowest BCUT2D eigenvalue weighted by Gasteiger charge is -2.38. The molecule has 1 aromatic heterocycles. The number of hydrogen-bond donors (Lipinski definition) is 0.